The number of benzene rings is 3. The van der Waals surface area contributed by atoms with Crippen molar-refractivity contribution < 1.29 is 37.8 Å². The van der Waals surface area contributed by atoms with E-state index >= 15 is 0 Å². The molecule has 48 heavy (non-hydrogen) atoms. The topological polar surface area (TPSA) is 135 Å². The number of fused-ring (bicyclic) bond motifs is 1. The van der Waals surface area contributed by atoms with E-state index < -0.39 is 48.1 Å². The van der Waals surface area contributed by atoms with Gasteiger partial charge in [-0.25, -0.2) is 4.39 Å². The molecule has 3 N–H and O–H groups in total. The number of nitrogens with one attached hydrogen (secondary N) is 3. The smallest absolute Gasteiger partial charge is 0.255 e. The number of ether oxygens (including phenoxy) is 3. The molecule has 0 unspecified atom stereocenters. The lowest BCUT2D eigenvalue weighted by molar-refractivity contribution is -0.137. The number of hydrogen-bond acceptors (Lipinski definition) is 7. The number of nitrogens with zero attached hydrogens (tertiary/aromatic N) is 1. The highest BCUT2D eigenvalue weighted by atomic mass is 19.1. The Bertz CT molecular complexity index is 1580. The Morgan fingerprint density at radius 1 is 1.00 bits per heavy atom. The Balaban J connectivity index is 1.50. The molecular formula is C36H43FN4O7. The quantitative estimate of drug-likeness (QED) is 0.292. The van der Waals surface area contributed by atoms with Gasteiger partial charge in [0.15, 0.2) is 11.5 Å². The summed E-state index contributed by atoms with van der Waals surface area (Å²) in [6.07, 6.45) is -0.0146. The molecule has 0 fully saturated rings. The zero-order valence-electron chi connectivity index (χ0n) is 27.7. The van der Waals surface area contributed by atoms with Crippen molar-refractivity contribution in [3.8, 4) is 23.0 Å². The highest BCUT2D eigenvalue weighted by molar-refractivity contribution is 6.01. The zero-order valence-corrected chi connectivity index (χ0v) is 27.7. The predicted molar refractivity (Wildman–Crippen MR) is 177 cm³/mol. The molecule has 0 radical (unpaired) electrons. The molecule has 4 amide bonds. The number of carbonyl (C=O) groups excluding carboxylic acids is 4. The van der Waals surface area contributed by atoms with Crippen molar-refractivity contribution in [1.82, 2.24) is 20.9 Å². The van der Waals surface area contributed by atoms with Gasteiger partial charge in [0, 0.05) is 12.6 Å². The van der Waals surface area contributed by atoms with Crippen molar-refractivity contribution in [2.24, 2.45) is 5.92 Å². The molecule has 0 aliphatic carbocycles. The maximum absolute atomic E-state index is 13.7. The van der Waals surface area contributed by atoms with Crippen LogP contribution in [-0.2, 0) is 14.4 Å². The predicted octanol–water partition coefficient (Wildman–Crippen LogP) is 4.46. The van der Waals surface area contributed by atoms with E-state index in [4.69, 9.17) is 14.2 Å². The van der Waals surface area contributed by atoms with Crippen LogP contribution in [0.25, 0.3) is 0 Å². The minimum absolute atomic E-state index is 0.0105. The monoisotopic (exact) mass is 662 g/mol. The van der Waals surface area contributed by atoms with Crippen LogP contribution in [0.15, 0.2) is 72.8 Å². The van der Waals surface area contributed by atoms with Gasteiger partial charge >= 0.3 is 0 Å². The molecule has 3 atom stereocenters. The van der Waals surface area contributed by atoms with E-state index in [2.05, 4.69) is 16.0 Å². The molecule has 4 rings (SSSR count). The summed E-state index contributed by atoms with van der Waals surface area (Å²) in [5.74, 6) is -1.05. The second-order valence-electron chi connectivity index (χ2n) is 12.0. The molecular weight excluding hydrogens is 619 g/mol. The lowest BCUT2D eigenvalue weighted by Crippen LogP contribution is -2.54. The lowest BCUT2D eigenvalue weighted by Gasteiger charge is -2.29. The molecule has 0 saturated heterocycles. The zero-order chi connectivity index (χ0) is 34.6. The van der Waals surface area contributed by atoms with Gasteiger partial charge in [0.05, 0.1) is 24.6 Å². The highest BCUT2D eigenvalue weighted by Gasteiger charge is 2.31. The summed E-state index contributed by atoms with van der Waals surface area (Å²) in [6.45, 7) is 8.26. The average Bonchev–Trinajstić information content (AvgIpc) is 3.05. The van der Waals surface area contributed by atoms with Gasteiger partial charge in [0.25, 0.3) is 5.91 Å². The molecule has 0 bridgehead atoms. The standard InChI is InChI=1S/C36H43FN4O7/c1-5-41-17-18-46-30-14-7-6-13-27(30)34(43)40-28(21-33(42)39-29(36(41)45)19-23(2)3)35(44)38-24(4)22-47-31-15-8-9-16-32(31)48-26-12-10-11-25(37)20-26/h6-16,20,23-24,28-29H,5,17-19,21-22H2,1-4H3,(H,38,44)(H,39,42)(H,40,43)/t24-,28+,29-/m1/s1. The Hall–Kier alpha value is -5.13. The molecule has 1 aliphatic rings. The van der Waals surface area contributed by atoms with Crippen molar-refractivity contribution in [3.63, 3.8) is 0 Å². The fraction of sp³-hybridized carbons (Fsp3) is 0.389. The molecule has 3 aromatic rings. The number of carbonyl (C=O) groups is 4. The van der Waals surface area contributed by atoms with E-state index in [0.29, 0.717) is 36.0 Å². The number of rotatable bonds is 10. The number of amides is 4. The molecule has 0 saturated carbocycles. The summed E-state index contributed by atoms with van der Waals surface area (Å²) >= 11 is 0. The Morgan fingerprint density at radius 3 is 2.46 bits per heavy atom. The van der Waals surface area contributed by atoms with Gasteiger partial charge in [-0.2, -0.15) is 0 Å². The van der Waals surface area contributed by atoms with Gasteiger partial charge in [-0.05, 0) is 62.6 Å². The Labute approximate surface area is 280 Å². The molecule has 1 heterocycles. The van der Waals surface area contributed by atoms with Crippen LogP contribution in [-0.4, -0.2) is 73.0 Å². The first-order valence-electron chi connectivity index (χ1n) is 16.1. The van der Waals surface area contributed by atoms with Crippen LogP contribution >= 0.6 is 0 Å². The number of hydrogen-bond donors (Lipinski definition) is 3. The van der Waals surface area contributed by atoms with E-state index in [1.807, 2.05) is 20.8 Å². The highest BCUT2D eigenvalue weighted by Crippen LogP contribution is 2.31. The fourth-order valence-corrected chi connectivity index (χ4v) is 5.18. The average molecular weight is 663 g/mol. The molecule has 256 valence electrons. The first kappa shape index (κ1) is 35.7. The Morgan fingerprint density at radius 2 is 1.73 bits per heavy atom. The van der Waals surface area contributed by atoms with E-state index in [0.717, 1.165) is 0 Å². The van der Waals surface area contributed by atoms with Gasteiger partial charge in [-0.3, -0.25) is 19.2 Å². The molecule has 0 aromatic heterocycles. The van der Waals surface area contributed by atoms with Crippen LogP contribution in [0.3, 0.4) is 0 Å². The third-order valence-electron chi connectivity index (χ3n) is 7.55. The van der Waals surface area contributed by atoms with E-state index in [9.17, 15) is 23.6 Å². The molecule has 12 heteroatoms. The molecule has 11 nitrogen and oxygen atoms in total. The van der Waals surface area contributed by atoms with Crippen molar-refractivity contribution in [3.05, 3.63) is 84.2 Å². The van der Waals surface area contributed by atoms with Crippen LogP contribution in [0.1, 0.15) is 50.9 Å². The summed E-state index contributed by atoms with van der Waals surface area (Å²) in [4.78, 5) is 55.5. The number of halogens is 1. The van der Waals surface area contributed by atoms with Crippen LogP contribution < -0.4 is 30.2 Å². The number of para-hydroxylation sites is 3. The van der Waals surface area contributed by atoms with Gasteiger partial charge in [0.2, 0.25) is 17.7 Å². The van der Waals surface area contributed by atoms with E-state index in [1.54, 1.807) is 66.4 Å². The van der Waals surface area contributed by atoms with Gasteiger partial charge in [-0.15, -0.1) is 0 Å². The van der Waals surface area contributed by atoms with Crippen LogP contribution in [0.2, 0.25) is 0 Å². The third kappa shape index (κ3) is 10.2. The van der Waals surface area contributed by atoms with Gasteiger partial charge in [-0.1, -0.05) is 44.2 Å². The molecule has 3 aromatic carbocycles. The first-order chi connectivity index (χ1) is 23.0. The van der Waals surface area contributed by atoms with Crippen LogP contribution in [0, 0.1) is 11.7 Å². The summed E-state index contributed by atoms with van der Waals surface area (Å²) < 4.78 is 31.3. The SMILES string of the molecule is CCN1CCOc2ccccc2C(=O)N[C@H](C(=O)N[C@H](C)COc2ccccc2Oc2cccc(F)c2)CC(=O)N[C@H](CC(C)C)C1=O. The minimum Gasteiger partial charge on any atom is -0.491 e. The minimum atomic E-state index is -1.28. The maximum Gasteiger partial charge on any atom is 0.255 e. The van der Waals surface area contributed by atoms with Crippen LogP contribution in [0.4, 0.5) is 4.39 Å². The second kappa shape index (κ2) is 17.1. The number of likely N-dealkylation sites (N-methyl/N-ethyl adjacent to an activating group) is 1. The first-order valence-corrected chi connectivity index (χ1v) is 16.1. The van der Waals surface area contributed by atoms with Crippen molar-refractivity contribution >= 4 is 23.6 Å². The third-order valence-corrected chi connectivity index (χ3v) is 7.55. The lowest BCUT2D eigenvalue weighted by atomic mass is 10.0. The fourth-order valence-electron chi connectivity index (χ4n) is 5.18. The summed E-state index contributed by atoms with van der Waals surface area (Å²) in [6, 6.07) is 16.5. The maximum atomic E-state index is 13.7. The van der Waals surface area contributed by atoms with E-state index in [-0.39, 0.29) is 37.1 Å². The summed E-state index contributed by atoms with van der Waals surface area (Å²) in [5.41, 5.74) is 0.186. The van der Waals surface area contributed by atoms with Crippen molar-refractivity contribution in [2.45, 2.75) is 58.7 Å². The van der Waals surface area contributed by atoms with E-state index in [1.165, 1.54) is 18.2 Å². The van der Waals surface area contributed by atoms with Crippen LogP contribution in [0.5, 0.6) is 23.0 Å². The molecule has 0 spiro atoms. The summed E-state index contributed by atoms with van der Waals surface area (Å²) in [7, 11) is 0. The summed E-state index contributed by atoms with van der Waals surface area (Å²) in [5, 5.41) is 8.29. The second-order valence-corrected chi connectivity index (χ2v) is 12.0. The van der Waals surface area contributed by atoms with Gasteiger partial charge < -0.3 is 35.1 Å². The largest absolute Gasteiger partial charge is 0.491 e. The van der Waals surface area contributed by atoms with Crippen molar-refractivity contribution in [1.29, 1.82) is 0 Å². The van der Waals surface area contributed by atoms with Crippen molar-refractivity contribution in [2.75, 3.05) is 26.3 Å². The van der Waals surface area contributed by atoms with Gasteiger partial charge in [0.1, 0.15) is 42.6 Å². The Kier molecular flexibility index (Phi) is 12.8. The molecule has 1 aliphatic heterocycles. The normalized spacial score (nSPS) is 18.0.